The number of nitrogens with two attached hydrogens (primary N) is 1. The van der Waals surface area contributed by atoms with Gasteiger partial charge >= 0.3 is 5.97 Å². The molecule has 1 rings (SSSR count). The number of carbonyl (C=O) groups is 2. The standard InChI is InChI=1S/C11H20N2O3/c1-11(10(15)16)6-2-3-8-13(11)9(14)5-4-7-12/h2-8,12H2,1H3,(H,15,16). The molecule has 0 saturated carbocycles. The van der Waals surface area contributed by atoms with Crippen molar-refractivity contribution in [2.24, 2.45) is 5.73 Å². The third-order valence-corrected chi connectivity index (χ3v) is 3.25. The highest BCUT2D eigenvalue weighted by atomic mass is 16.4. The van der Waals surface area contributed by atoms with Crippen molar-refractivity contribution in [3.8, 4) is 0 Å². The lowest BCUT2D eigenvalue weighted by Gasteiger charge is -2.41. The van der Waals surface area contributed by atoms with Crippen LogP contribution >= 0.6 is 0 Å². The van der Waals surface area contributed by atoms with Gasteiger partial charge in [-0.15, -0.1) is 0 Å². The van der Waals surface area contributed by atoms with Gasteiger partial charge in [0.1, 0.15) is 5.54 Å². The van der Waals surface area contributed by atoms with E-state index in [0.717, 1.165) is 12.8 Å². The van der Waals surface area contributed by atoms with Gasteiger partial charge in [-0.3, -0.25) is 4.79 Å². The Kier molecular flexibility index (Phi) is 4.29. The SMILES string of the molecule is CC1(C(=O)O)CCCCN1C(=O)CCCN. The average molecular weight is 228 g/mol. The van der Waals surface area contributed by atoms with Gasteiger partial charge < -0.3 is 15.7 Å². The van der Waals surface area contributed by atoms with Crippen molar-refractivity contribution in [3.05, 3.63) is 0 Å². The number of aliphatic carboxylic acids is 1. The van der Waals surface area contributed by atoms with Crippen molar-refractivity contribution in [3.63, 3.8) is 0 Å². The molecule has 0 aromatic rings. The average Bonchev–Trinajstić information content (AvgIpc) is 2.26. The summed E-state index contributed by atoms with van der Waals surface area (Å²) >= 11 is 0. The molecule has 0 spiro atoms. The van der Waals surface area contributed by atoms with Gasteiger partial charge in [0.15, 0.2) is 0 Å². The summed E-state index contributed by atoms with van der Waals surface area (Å²) in [6.07, 6.45) is 3.25. The minimum atomic E-state index is -1.02. The van der Waals surface area contributed by atoms with Crippen LogP contribution in [0.2, 0.25) is 0 Å². The number of hydrogen-bond acceptors (Lipinski definition) is 3. The number of nitrogens with zero attached hydrogens (tertiary/aromatic N) is 1. The van der Waals surface area contributed by atoms with Gasteiger partial charge in [0.25, 0.3) is 0 Å². The number of carbonyl (C=O) groups excluding carboxylic acids is 1. The van der Waals surface area contributed by atoms with Crippen LogP contribution < -0.4 is 5.73 Å². The van der Waals surface area contributed by atoms with Crippen LogP contribution in [0.15, 0.2) is 0 Å². The van der Waals surface area contributed by atoms with Crippen LogP contribution in [0.25, 0.3) is 0 Å². The summed E-state index contributed by atoms with van der Waals surface area (Å²) in [5, 5.41) is 9.22. The number of carboxylic acids is 1. The molecule has 1 heterocycles. The van der Waals surface area contributed by atoms with E-state index in [0.29, 0.717) is 32.4 Å². The molecule has 92 valence electrons. The molecule has 1 unspecified atom stereocenters. The third-order valence-electron chi connectivity index (χ3n) is 3.25. The summed E-state index contributed by atoms with van der Waals surface area (Å²) in [6, 6.07) is 0. The van der Waals surface area contributed by atoms with Gasteiger partial charge in [0.2, 0.25) is 5.91 Å². The van der Waals surface area contributed by atoms with Crippen molar-refractivity contribution < 1.29 is 14.7 Å². The summed E-state index contributed by atoms with van der Waals surface area (Å²) < 4.78 is 0. The van der Waals surface area contributed by atoms with E-state index in [4.69, 9.17) is 5.73 Å². The Balaban J connectivity index is 2.74. The third kappa shape index (κ3) is 2.52. The Morgan fingerprint density at radius 3 is 2.69 bits per heavy atom. The number of rotatable bonds is 4. The molecule has 1 amide bonds. The van der Waals surface area contributed by atoms with E-state index in [-0.39, 0.29) is 5.91 Å². The van der Waals surface area contributed by atoms with Crippen LogP contribution in [-0.4, -0.2) is 40.5 Å². The molecule has 3 N–H and O–H groups in total. The zero-order valence-electron chi connectivity index (χ0n) is 9.74. The molecule has 1 aliphatic heterocycles. The highest BCUT2D eigenvalue weighted by Gasteiger charge is 2.43. The van der Waals surface area contributed by atoms with E-state index in [2.05, 4.69) is 0 Å². The predicted octanol–water partition coefficient (Wildman–Crippen LogP) is 0.581. The van der Waals surface area contributed by atoms with Crippen molar-refractivity contribution >= 4 is 11.9 Å². The zero-order valence-corrected chi connectivity index (χ0v) is 9.74. The van der Waals surface area contributed by atoms with Crippen LogP contribution in [0, 0.1) is 0 Å². The quantitative estimate of drug-likeness (QED) is 0.737. The molecule has 0 aromatic carbocycles. The smallest absolute Gasteiger partial charge is 0.329 e. The van der Waals surface area contributed by atoms with Crippen LogP contribution in [0.5, 0.6) is 0 Å². The van der Waals surface area contributed by atoms with Gasteiger partial charge in [-0.05, 0) is 39.2 Å². The van der Waals surface area contributed by atoms with Crippen molar-refractivity contribution in [1.29, 1.82) is 0 Å². The molecular formula is C11H20N2O3. The van der Waals surface area contributed by atoms with Gasteiger partial charge in [-0.25, -0.2) is 4.79 Å². The van der Waals surface area contributed by atoms with Crippen LogP contribution in [0.4, 0.5) is 0 Å². The number of carboxylic acid groups (broad SMARTS) is 1. The van der Waals surface area contributed by atoms with Gasteiger partial charge in [0.05, 0.1) is 0 Å². The van der Waals surface area contributed by atoms with Crippen LogP contribution in [0.3, 0.4) is 0 Å². The fraction of sp³-hybridized carbons (Fsp3) is 0.818. The molecule has 1 atom stereocenters. The molecule has 0 radical (unpaired) electrons. The summed E-state index contributed by atoms with van der Waals surface area (Å²) in [5.74, 6) is -0.997. The molecule has 0 aliphatic carbocycles. The van der Waals surface area contributed by atoms with Crippen LogP contribution in [-0.2, 0) is 9.59 Å². The summed E-state index contributed by atoms with van der Waals surface area (Å²) in [6.45, 7) is 2.64. The molecule has 1 fully saturated rings. The van der Waals surface area contributed by atoms with E-state index in [1.807, 2.05) is 0 Å². The molecule has 0 bridgehead atoms. The highest BCUT2D eigenvalue weighted by molar-refractivity contribution is 5.87. The fourth-order valence-corrected chi connectivity index (χ4v) is 2.13. The molecule has 5 nitrogen and oxygen atoms in total. The second-order valence-electron chi connectivity index (χ2n) is 4.47. The first kappa shape index (κ1) is 13.0. The fourth-order valence-electron chi connectivity index (χ4n) is 2.13. The topological polar surface area (TPSA) is 83.6 Å². The molecule has 1 saturated heterocycles. The monoisotopic (exact) mass is 228 g/mol. The normalized spacial score (nSPS) is 25.5. The zero-order chi connectivity index (χ0) is 12.2. The minimum Gasteiger partial charge on any atom is -0.480 e. The summed E-state index contributed by atoms with van der Waals surface area (Å²) in [4.78, 5) is 24.6. The van der Waals surface area contributed by atoms with Gasteiger partial charge in [0, 0.05) is 13.0 Å². The maximum atomic E-state index is 11.9. The highest BCUT2D eigenvalue weighted by Crippen LogP contribution is 2.28. The number of piperidine rings is 1. The Labute approximate surface area is 95.6 Å². The molecule has 5 heteroatoms. The molecular weight excluding hydrogens is 208 g/mol. The lowest BCUT2D eigenvalue weighted by molar-refractivity contribution is -0.161. The Hall–Kier alpha value is -1.10. The number of hydrogen-bond donors (Lipinski definition) is 2. The summed E-state index contributed by atoms with van der Waals surface area (Å²) in [7, 11) is 0. The minimum absolute atomic E-state index is 0.0879. The lowest BCUT2D eigenvalue weighted by Crippen LogP contribution is -2.57. The van der Waals surface area contributed by atoms with Crippen molar-refractivity contribution in [2.45, 2.75) is 44.6 Å². The Morgan fingerprint density at radius 2 is 2.12 bits per heavy atom. The maximum Gasteiger partial charge on any atom is 0.329 e. The van der Waals surface area contributed by atoms with E-state index in [9.17, 15) is 14.7 Å². The van der Waals surface area contributed by atoms with E-state index >= 15 is 0 Å². The van der Waals surface area contributed by atoms with Crippen molar-refractivity contribution in [2.75, 3.05) is 13.1 Å². The predicted molar refractivity (Wildman–Crippen MR) is 59.9 cm³/mol. The van der Waals surface area contributed by atoms with E-state index < -0.39 is 11.5 Å². The molecule has 16 heavy (non-hydrogen) atoms. The lowest BCUT2D eigenvalue weighted by atomic mass is 9.88. The summed E-state index contributed by atoms with van der Waals surface area (Å²) in [5.41, 5.74) is 4.32. The largest absolute Gasteiger partial charge is 0.480 e. The number of amides is 1. The van der Waals surface area contributed by atoms with Gasteiger partial charge in [-0.1, -0.05) is 0 Å². The van der Waals surface area contributed by atoms with E-state index in [1.54, 1.807) is 6.92 Å². The second-order valence-corrected chi connectivity index (χ2v) is 4.47. The maximum absolute atomic E-state index is 11.9. The Morgan fingerprint density at radius 1 is 1.44 bits per heavy atom. The van der Waals surface area contributed by atoms with Crippen LogP contribution in [0.1, 0.15) is 39.0 Å². The Bertz CT molecular complexity index is 280. The van der Waals surface area contributed by atoms with Gasteiger partial charge in [-0.2, -0.15) is 0 Å². The first-order chi connectivity index (χ1) is 7.52. The second kappa shape index (κ2) is 5.30. The first-order valence-corrected chi connectivity index (χ1v) is 5.76. The number of likely N-dealkylation sites (tertiary alicyclic amines) is 1. The first-order valence-electron chi connectivity index (χ1n) is 5.76. The van der Waals surface area contributed by atoms with E-state index in [1.165, 1.54) is 4.90 Å². The molecule has 1 aliphatic rings. The molecule has 0 aromatic heterocycles. The van der Waals surface area contributed by atoms with Crippen molar-refractivity contribution in [1.82, 2.24) is 4.90 Å².